The molecule has 1 aliphatic carbocycles. The van der Waals surface area contributed by atoms with Gasteiger partial charge in [-0.2, -0.15) is 0 Å². The minimum atomic E-state index is -0.979. The third-order valence-electron chi connectivity index (χ3n) is 3.06. The van der Waals surface area contributed by atoms with Crippen LogP contribution in [0.4, 0.5) is 4.79 Å². The normalized spacial score (nSPS) is 18.1. The highest BCUT2D eigenvalue weighted by Gasteiger charge is 2.32. The summed E-state index contributed by atoms with van der Waals surface area (Å²) in [6.07, 6.45) is 4.27. The van der Waals surface area contributed by atoms with Gasteiger partial charge in [-0.25, -0.2) is 9.59 Å². The molecule has 1 amide bonds. The van der Waals surface area contributed by atoms with Gasteiger partial charge in [0.15, 0.2) is 0 Å². The molecule has 0 bridgehead atoms. The van der Waals surface area contributed by atoms with Crippen LogP contribution in [0.3, 0.4) is 0 Å². The van der Waals surface area contributed by atoms with Crippen LogP contribution in [-0.2, 0) is 9.53 Å². The van der Waals surface area contributed by atoms with Crippen LogP contribution in [0.15, 0.2) is 0 Å². The molecular weight excluding hydrogens is 250 g/mol. The van der Waals surface area contributed by atoms with Crippen molar-refractivity contribution in [3.05, 3.63) is 0 Å². The van der Waals surface area contributed by atoms with E-state index in [0.717, 1.165) is 32.1 Å². The largest absolute Gasteiger partial charge is 0.480 e. The Balaban J connectivity index is 0.00000324. The number of amides is 1. The van der Waals surface area contributed by atoms with Crippen molar-refractivity contribution in [3.8, 4) is 0 Å². The molecule has 6 heteroatoms. The summed E-state index contributed by atoms with van der Waals surface area (Å²) in [6, 6.07) is -0.833. The van der Waals surface area contributed by atoms with Gasteiger partial charge in [-0.1, -0.05) is 19.3 Å². The van der Waals surface area contributed by atoms with Crippen molar-refractivity contribution in [1.29, 1.82) is 0 Å². The van der Waals surface area contributed by atoms with Gasteiger partial charge in [0, 0.05) is 0 Å². The van der Waals surface area contributed by atoms with E-state index in [2.05, 4.69) is 5.32 Å². The summed E-state index contributed by atoms with van der Waals surface area (Å²) in [5.74, 6) is -0.962. The molecule has 0 aromatic heterocycles. The zero-order chi connectivity index (χ0) is 13.8. The van der Waals surface area contributed by atoms with Crippen molar-refractivity contribution in [3.63, 3.8) is 0 Å². The average Bonchev–Trinajstić information content (AvgIpc) is 2.24. The maximum atomic E-state index is 11.6. The van der Waals surface area contributed by atoms with E-state index in [1.807, 2.05) is 0 Å². The molecule has 19 heavy (non-hydrogen) atoms. The molecule has 0 radical (unpaired) electrons. The van der Waals surface area contributed by atoms with Crippen molar-refractivity contribution in [2.24, 2.45) is 5.92 Å². The summed E-state index contributed by atoms with van der Waals surface area (Å²) >= 11 is 0. The van der Waals surface area contributed by atoms with Crippen molar-refractivity contribution in [1.82, 2.24) is 5.32 Å². The average molecular weight is 275 g/mol. The van der Waals surface area contributed by atoms with Crippen LogP contribution in [0.1, 0.15) is 52.9 Å². The van der Waals surface area contributed by atoms with Crippen LogP contribution < -0.4 is 5.32 Å². The van der Waals surface area contributed by atoms with Gasteiger partial charge in [0.1, 0.15) is 11.6 Å². The number of carboxylic acid groups (broad SMARTS) is 1. The molecule has 0 aliphatic heterocycles. The van der Waals surface area contributed by atoms with Crippen molar-refractivity contribution in [2.45, 2.75) is 64.5 Å². The number of ether oxygens (including phenoxy) is 1. The molecule has 0 aromatic carbocycles. The Morgan fingerprint density at radius 3 is 2.16 bits per heavy atom. The SMILES string of the molecule is CC(C)(C)OC(=O)N[C@@H](C(=O)O)C1CCCCC1.O. The summed E-state index contributed by atoms with van der Waals surface area (Å²) in [5.41, 5.74) is -0.611. The quantitative estimate of drug-likeness (QED) is 0.817. The predicted octanol–water partition coefficient (Wildman–Crippen LogP) is 1.72. The molecule has 0 saturated heterocycles. The monoisotopic (exact) mass is 275 g/mol. The first kappa shape index (κ1) is 17.7. The van der Waals surface area contributed by atoms with Crippen LogP contribution in [0.2, 0.25) is 0 Å². The standard InChI is InChI=1S/C13H23NO4.H2O/c1-13(2,3)18-12(17)14-10(11(15)16)9-7-5-4-6-8-9;/h9-10H,4-8H2,1-3H3,(H,14,17)(H,15,16);1H2/t10-;/m1./s1. The minimum Gasteiger partial charge on any atom is -0.480 e. The van der Waals surface area contributed by atoms with E-state index in [9.17, 15) is 14.7 Å². The van der Waals surface area contributed by atoms with E-state index in [1.165, 1.54) is 0 Å². The van der Waals surface area contributed by atoms with Gasteiger partial charge in [0.25, 0.3) is 0 Å². The molecule has 4 N–H and O–H groups in total. The maximum absolute atomic E-state index is 11.6. The van der Waals surface area contributed by atoms with Crippen LogP contribution in [-0.4, -0.2) is 34.3 Å². The molecule has 112 valence electrons. The lowest BCUT2D eigenvalue weighted by Gasteiger charge is -2.29. The van der Waals surface area contributed by atoms with E-state index in [0.29, 0.717) is 0 Å². The summed E-state index contributed by atoms with van der Waals surface area (Å²) in [4.78, 5) is 22.8. The molecular formula is C13H25NO5. The summed E-state index contributed by atoms with van der Waals surface area (Å²) in [5, 5.41) is 11.7. The number of carbonyl (C=O) groups excluding carboxylic acids is 1. The first-order chi connectivity index (χ1) is 8.29. The number of hydrogen-bond donors (Lipinski definition) is 2. The Morgan fingerprint density at radius 1 is 1.21 bits per heavy atom. The topological polar surface area (TPSA) is 107 Å². The fourth-order valence-electron chi connectivity index (χ4n) is 2.28. The second-order valence-electron chi connectivity index (χ2n) is 5.86. The van der Waals surface area contributed by atoms with Gasteiger partial charge in [-0.3, -0.25) is 0 Å². The molecule has 0 aromatic rings. The highest BCUT2D eigenvalue weighted by molar-refractivity contribution is 5.80. The molecule has 0 heterocycles. The molecule has 1 atom stereocenters. The van der Waals surface area contributed by atoms with E-state index >= 15 is 0 Å². The smallest absolute Gasteiger partial charge is 0.408 e. The third kappa shape index (κ3) is 6.42. The second kappa shape index (κ2) is 7.33. The van der Waals surface area contributed by atoms with Crippen LogP contribution >= 0.6 is 0 Å². The van der Waals surface area contributed by atoms with Crippen LogP contribution in [0, 0.1) is 5.92 Å². The first-order valence-electron chi connectivity index (χ1n) is 6.52. The predicted molar refractivity (Wildman–Crippen MR) is 71.0 cm³/mol. The lowest BCUT2D eigenvalue weighted by Crippen LogP contribution is -2.48. The second-order valence-corrected chi connectivity index (χ2v) is 5.86. The number of nitrogens with one attached hydrogen (secondary N) is 1. The number of hydrogen-bond acceptors (Lipinski definition) is 3. The van der Waals surface area contributed by atoms with Crippen LogP contribution in [0.25, 0.3) is 0 Å². The van der Waals surface area contributed by atoms with Crippen molar-refractivity contribution >= 4 is 12.1 Å². The van der Waals surface area contributed by atoms with E-state index in [-0.39, 0.29) is 11.4 Å². The number of alkyl carbamates (subject to hydrolysis) is 1. The Morgan fingerprint density at radius 2 is 1.74 bits per heavy atom. The van der Waals surface area contributed by atoms with Gasteiger partial charge in [-0.05, 0) is 39.5 Å². The Bertz CT molecular complexity index is 305. The zero-order valence-electron chi connectivity index (χ0n) is 11.9. The summed E-state index contributed by atoms with van der Waals surface area (Å²) in [6.45, 7) is 5.26. The molecule has 1 aliphatic rings. The highest BCUT2D eigenvalue weighted by atomic mass is 16.6. The van der Waals surface area contributed by atoms with E-state index < -0.39 is 23.7 Å². The first-order valence-corrected chi connectivity index (χ1v) is 6.52. The fraction of sp³-hybridized carbons (Fsp3) is 0.846. The van der Waals surface area contributed by atoms with Crippen molar-refractivity contribution < 1.29 is 24.9 Å². The van der Waals surface area contributed by atoms with Crippen molar-refractivity contribution in [2.75, 3.05) is 0 Å². The van der Waals surface area contributed by atoms with Gasteiger partial charge >= 0.3 is 12.1 Å². The summed E-state index contributed by atoms with van der Waals surface area (Å²) < 4.78 is 5.10. The maximum Gasteiger partial charge on any atom is 0.408 e. The van der Waals surface area contributed by atoms with Gasteiger partial charge < -0.3 is 20.6 Å². The number of aliphatic carboxylic acids is 1. The minimum absolute atomic E-state index is 0. The lowest BCUT2D eigenvalue weighted by atomic mass is 9.84. The molecule has 0 unspecified atom stereocenters. The molecule has 0 spiro atoms. The third-order valence-corrected chi connectivity index (χ3v) is 3.06. The van der Waals surface area contributed by atoms with E-state index in [1.54, 1.807) is 20.8 Å². The Kier molecular flexibility index (Phi) is 6.83. The molecule has 1 fully saturated rings. The number of rotatable bonds is 3. The Labute approximate surface area is 113 Å². The van der Waals surface area contributed by atoms with Gasteiger partial charge in [0.2, 0.25) is 0 Å². The highest BCUT2D eigenvalue weighted by Crippen LogP contribution is 2.26. The number of carbonyl (C=O) groups is 2. The van der Waals surface area contributed by atoms with E-state index in [4.69, 9.17) is 4.74 Å². The van der Waals surface area contributed by atoms with Gasteiger partial charge in [0.05, 0.1) is 0 Å². The molecule has 1 saturated carbocycles. The number of carboxylic acids is 1. The zero-order valence-corrected chi connectivity index (χ0v) is 11.9. The Hall–Kier alpha value is -1.30. The lowest BCUT2D eigenvalue weighted by molar-refractivity contribution is -0.141. The fourth-order valence-corrected chi connectivity index (χ4v) is 2.28. The van der Waals surface area contributed by atoms with Gasteiger partial charge in [-0.15, -0.1) is 0 Å². The molecule has 1 rings (SSSR count). The van der Waals surface area contributed by atoms with Crippen LogP contribution in [0.5, 0.6) is 0 Å². The molecule has 6 nitrogen and oxygen atoms in total. The summed E-state index contributed by atoms with van der Waals surface area (Å²) in [7, 11) is 0.